The van der Waals surface area contributed by atoms with Gasteiger partial charge in [-0.3, -0.25) is 0 Å². The average molecular weight is 367 g/mol. The van der Waals surface area contributed by atoms with Gasteiger partial charge in [0.2, 0.25) is 0 Å². The van der Waals surface area contributed by atoms with Crippen LogP contribution in [0.4, 0.5) is 13.6 Å². The molecule has 4 rings (SSSR count). The number of urea groups is 1. The van der Waals surface area contributed by atoms with Gasteiger partial charge in [-0.05, 0) is 38.5 Å². The smallest absolute Gasteiger partial charge is 0.317 e. The van der Waals surface area contributed by atoms with E-state index in [-0.39, 0.29) is 17.9 Å². The Hall–Kier alpha value is -1.66. The number of hydrogen-bond donors (Lipinski definition) is 1. The van der Waals surface area contributed by atoms with Gasteiger partial charge in [-0.15, -0.1) is 0 Å². The molecule has 0 radical (unpaired) electrons. The second kappa shape index (κ2) is 6.50. The average Bonchev–Trinajstić information content (AvgIpc) is 3.33. The predicted octanol–water partition coefficient (Wildman–Crippen LogP) is 4.19. The number of alkyl halides is 2. The number of halogens is 2. The minimum absolute atomic E-state index is 0.123. The second-order valence-corrected chi connectivity index (χ2v) is 8.45. The Labute approximate surface area is 152 Å². The molecule has 2 heterocycles. The predicted molar refractivity (Wildman–Crippen MR) is 92.4 cm³/mol. The molecule has 0 spiro atoms. The van der Waals surface area contributed by atoms with Gasteiger partial charge in [-0.1, -0.05) is 18.5 Å². The molecule has 1 unspecified atom stereocenters. The maximum atomic E-state index is 14.0. The van der Waals surface area contributed by atoms with Crippen molar-refractivity contribution in [3.8, 4) is 0 Å². The van der Waals surface area contributed by atoms with Crippen molar-refractivity contribution in [1.29, 1.82) is 0 Å². The molecule has 5 nitrogen and oxygen atoms in total. The molecule has 1 saturated heterocycles. The fourth-order valence-electron chi connectivity index (χ4n) is 4.11. The number of hydrogen-bond acceptors (Lipinski definition) is 3. The number of carbonyl (C=O) groups excluding carboxylic acids is 1. The van der Waals surface area contributed by atoms with Crippen molar-refractivity contribution in [1.82, 2.24) is 15.4 Å². The summed E-state index contributed by atoms with van der Waals surface area (Å²) in [5, 5.41) is 6.84. The summed E-state index contributed by atoms with van der Waals surface area (Å²) in [6, 6.07) is 0.668. The summed E-state index contributed by atoms with van der Waals surface area (Å²) < 4.78 is 33.4. The molecule has 1 N–H and O–H groups in total. The lowest BCUT2D eigenvalue weighted by molar-refractivity contribution is -0.0610. The summed E-state index contributed by atoms with van der Waals surface area (Å²) in [5.41, 5.74) is 0.834. The molecule has 2 aliphatic carbocycles. The van der Waals surface area contributed by atoms with Crippen LogP contribution >= 0.6 is 0 Å². The molecule has 26 heavy (non-hydrogen) atoms. The first-order valence-corrected chi connectivity index (χ1v) is 9.78. The molecular weight excluding hydrogens is 340 g/mol. The van der Waals surface area contributed by atoms with E-state index in [0.29, 0.717) is 31.8 Å². The molecule has 7 heteroatoms. The van der Waals surface area contributed by atoms with Crippen molar-refractivity contribution in [3.05, 3.63) is 17.5 Å². The first-order chi connectivity index (χ1) is 12.4. The van der Waals surface area contributed by atoms with Crippen LogP contribution < -0.4 is 5.32 Å². The normalized spacial score (nSPS) is 28.0. The molecule has 0 bridgehead atoms. The van der Waals surface area contributed by atoms with Gasteiger partial charge in [-0.2, -0.15) is 0 Å². The van der Waals surface area contributed by atoms with E-state index in [1.165, 1.54) is 12.8 Å². The van der Waals surface area contributed by atoms with E-state index in [2.05, 4.69) is 23.5 Å². The van der Waals surface area contributed by atoms with Gasteiger partial charge in [0.25, 0.3) is 5.92 Å². The van der Waals surface area contributed by atoms with Crippen LogP contribution in [-0.4, -0.2) is 41.1 Å². The van der Waals surface area contributed by atoms with Crippen LogP contribution in [0.2, 0.25) is 0 Å². The molecule has 1 aromatic heterocycles. The van der Waals surface area contributed by atoms with Crippen molar-refractivity contribution in [2.45, 2.75) is 81.6 Å². The van der Waals surface area contributed by atoms with Crippen LogP contribution in [0, 0.1) is 0 Å². The lowest BCUT2D eigenvalue weighted by Crippen LogP contribution is -2.55. The first-order valence-electron chi connectivity index (χ1n) is 9.78. The summed E-state index contributed by atoms with van der Waals surface area (Å²) in [7, 11) is 0. The van der Waals surface area contributed by atoms with Gasteiger partial charge in [0.15, 0.2) is 0 Å². The SMILES string of the molecule is CC1(c2cc(C3CC3)on2)CCN(C(=O)NC2CCCCC2(F)F)CC1. The molecule has 1 aliphatic heterocycles. The highest BCUT2D eigenvalue weighted by Crippen LogP contribution is 2.43. The fraction of sp³-hybridized carbons (Fsp3) is 0.789. The van der Waals surface area contributed by atoms with Gasteiger partial charge < -0.3 is 14.7 Å². The molecule has 2 amide bonds. The van der Waals surface area contributed by atoms with Crippen LogP contribution in [0.15, 0.2) is 10.6 Å². The second-order valence-electron chi connectivity index (χ2n) is 8.45. The molecule has 1 atom stereocenters. The minimum atomic E-state index is -2.79. The maximum absolute atomic E-state index is 14.0. The highest BCUT2D eigenvalue weighted by Gasteiger charge is 2.43. The zero-order chi connectivity index (χ0) is 18.4. The highest BCUT2D eigenvalue weighted by molar-refractivity contribution is 5.74. The topological polar surface area (TPSA) is 58.4 Å². The summed E-state index contributed by atoms with van der Waals surface area (Å²) in [5.74, 6) is -1.29. The number of amides is 2. The summed E-state index contributed by atoms with van der Waals surface area (Å²) in [6.45, 7) is 3.24. The molecule has 3 aliphatic rings. The van der Waals surface area contributed by atoms with E-state index < -0.39 is 12.0 Å². The van der Waals surface area contributed by atoms with Crippen LogP contribution in [0.5, 0.6) is 0 Å². The summed E-state index contributed by atoms with van der Waals surface area (Å²) in [4.78, 5) is 14.1. The first kappa shape index (κ1) is 17.7. The Morgan fingerprint density at radius 3 is 2.62 bits per heavy atom. The monoisotopic (exact) mass is 367 g/mol. The van der Waals surface area contributed by atoms with Crippen LogP contribution in [0.25, 0.3) is 0 Å². The van der Waals surface area contributed by atoms with Crippen molar-refractivity contribution in [2.75, 3.05) is 13.1 Å². The zero-order valence-electron chi connectivity index (χ0n) is 15.3. The minimum Gasteiger partial charge on any atom is -0.361 e. The quantitative estimate of drug-likeness (QED) is 0.871. The third-order valence-electron chi connectivity index (χ3n) is 6.34. The van der Waals surface area contributed by atoms with Crippen molar-refractivity contribution in [2.24, 2.45) is 0 Å². The third-order valence-corrected chi connectivity index (χ3v) is 6.34. The fourth-order valence-corrected chi connectivity index (χ4v) is 4.11. The number of likely N-dealkylation sites (tertiary alicyclic amines) is 1. The highest BCUT2D eigenvalue weighted by atomic mass is 19.3. The van der Waals surface area contributed by atoms with Crippen LogP contribution in [-0.2, 0) is 5.41 Å². The van der Waals surface area contributed by atoms with Crippen LogP contribution in [0.3, 0.4) is 0 Å². The van der Waals surface area contributed by atoms with E-state index in [1.54, 1.807) is 4.90 Å². The number of carbonyl (C=O) groups is 1. The number of rotatable bonds is 3. The van der Waals surface area contributed by atoms with Crippen molar-refractivity contribution in [3.63, 3.8) is 0 Å². The van der Waals surface area contributed by atoms with E-state index in [4.69, 9.17) is 4.52 Å². The van der Waals surface area contributed by atoms with Crippen LogP contribution in [0.1, 0.15) is 75.7 Å². The lowest BCUT2D eigenvalue weighted by atomic mass is 9.77. The number of nitrogens with one attached hydrogen (secondary N) is 1. The standard InChI is InChI=1S/C19H27F2N3O2/c1-18(16-12-14(26-23-16)13-5-6-13)8-10-24(11-9-18)17(25)22-15-4-2-3-7-19(15,20)21/h12-13,15H,2-11H2,1H3,(H,22,25). The molecule has 1 aromatic rings. The molecule has 144 valence electrons. The molecule has 0 aromatic carbocycles. The number of aromatic nitrogens is 1. The van der Waals surface area contributed by atoms with E-state index >= 15 is 0 Å². The lowest BCUT2D eigenvalue weighted by Gasteiger charge is -2.39. The van der Waals surface area contributed by atoms with Crippen molar-refractivity contribution < 1.29 is 18.1 Å². The molecular formula is C19H27F2N3O2. The van der Waals surface area contributed by atoms with Crippen molar-refractivity contribution >= 4 is 6.03 Å². The Bertz CT molecular complexity index is 663. The summed E-state index contributed by atoms with van der Waals surface area (Å²) in [6.07, 6.45) is 5.36. The Kier molecular flexibility index (Phi) is 4.43. The van der Waals surface area contributed by atoms with Gasteiger partial charge >= 0.3 is 6.03 Å². The molecule has 2 saturated carbocycles. The van der Waals surface area contributed by atoms with Gasteiger partial charge in [0, 0.05) is 36.9 Å². The summed E-state index contributed by atoms with van der Waals surface area (Å²) >= 11 is 0. The van der Waals surface area contributed by atoms with E-state index in [9.17, 15) is 13.6 Å². The largest absolute Gasteiger partial charge is 0.361 e. The third kappa shape index (κ3) is 3.45. The van der Waals surface area contributed by atoms with Gasteiger partial charge in [0.05, 0.1) is 11.7 Å². The van der Waals surface area contributed by atoms with E-state index in [1.807, 2.05) is 0 Å². The number of nitrogens with zero attached hydrogens (tertiary/aromatic N) is 2. The maximum Gasteiger partial charge on any atom is 0.317 e. The zero-order valence-corrected chi connectivity index (χ0v) is 15.3. The van der Waals surface area contributed by atoms with E-state index in [0.717, 1.165) is 30.7 Å². The Morgan fingerprint density at radius 2 is 1.96 bits per heavy atom. The Balaban J connectivity index is 1.34. The van der Waals surface area contributed by atoms with Gasteiger partial charge in [-0.25, -0.2) is 13.6 Å². The molecule has 3 fully saturated rings. The number of piperidine rings is 1. The van der Waals surface area contributed by atoms with Gasteiger partial charge in [0.1, 0.15) is 5.76 Å². The Morgan fingerprint density at radius 1 is 1.23 bits per heavy atom.